The third-order valence-electron chi connectivity index (χ3n) is 4.05. The molecule has 1 saturated carbocycles. The molecule has 0 amide bonds. The zero-order valence-electron chi connectivity index (χ0n) is 12.8. The van der Waals surface area contributed by atoms with Gasteiger partial charge in [-0.25, -0.2) is 8.42 Å². The molecule has 0 atom stereocenters. The average molecular weight is 299 g/mol. The van der Waals surface area contributed by atoms with E-state index in [9.17, 15) is 8.42 Å². The van der Waals surface area contributed by atoms with Crippen LogP contribution in [0.5, 0.6) is 0 Å². The molecule has 1 aromatic rings. The second-order valence-electron chi connectivity index (χ2n) is 5.99. The molecule has 0 radical (unpaired) electrons. The van der Waals surface area contributed by atoms with Crippen molar-refractivity contribution in [2.75, 3.05) is 4.72 Å². The van der Waals surface area contributed by atoms with Crippen LogP contribution in [0.1, 0.15) is 63.4 Å². The lowest BCUT2D eigenvalue weighted by atomic mass is 10.0. The Balaban J connectivity index is 2.25. The van der Waals surface area contributed by atoms with Gasteiger partial charge in [0.05, 0.1) is 22.3 Å². The zero-order chi connectivity index (χ0) is 14.9. The van der Waals surface area contributed by atoms with Crippen LogP contribution < -0.4 is 4.72 Å². The monoisotopic (exact) mass is 299 g/mol. The maximum absolute atomic E-state index is 12.5. The quantitative estimate of drug-likeness (QED) is 0.929. The lowest BCUT2D eigenvalue weighted by Crippen LogP contribution is -2.30. The number of aryl methyl sites for hydroxylation is 1. The molecule has 1 aromatic heterocycles. The fourth-order valence-corrected chi connectivity index (χ4v) is 4.61. The van der Waals surface area contributed by atoms with Crippen LogP contribution in [0, 0.1) is 13.8 Å². The molecule has 0 aromatic carbocycles. The molecule has 5 nitrogen and oxygen atoms in total. The molecule has 1 N–H and O–H groups in total. The van der Waals surface area contributed by atoms with Crippen molar-refractivity contribution in [1.82, 2.24) is 9.78 Å². The summed E-state index contributed by atoms with van der Waals surface area (Å²) < 4.78 is 29.6. The van der Waals surface area contributed by atoms with Gasteiger partial charge in [-0.1, -0.05) is 19.3 Å². The lowest BCUT2D eigenvalue weighted by molar-refractivity contribution is 0.486. The first-order valence-electron chi connectivity index (χ1n) is 7.40. The fourth-order valence-electron chi connectivity index (χ4n) is 2.91. The highest BCUT2D eigenvalue weighted by atomic mass is 32.2. The van der Waals surface area contributed by atoms with Crippen molar-refractivity contribution in [2.24, 2.45) is 0 Å². The van der Waals surface area contributed by atoms with E-state index in [2.05, 4.69) is 9.82 Å². The van der Waals surface area contributed by atoms with Crippen molar-refractivity contribution in [3.63, 3.8) is 0 Å². The summed E-state index contributed by atoms with van der Waals surface area (Å²) in [7, 11) is -3.30. The third kappa shape index (κ3) is 3.00. The predicted octanol–water partition coefficient (Wildman–Crippen LogP) is 3.16. The van der Waals surface area contributed by atoms with Crippen molar-refractivity contribution in [3.05, 3.63) is 11.4 Å². The fraction of sp³-hybridized carbons (Fsp3) is 0.786. The maximum Gasteiger partial charge on any atom is 0.235 e. The number of aromatic nitrogens is 2. The second kappa shape index (κ2) is 5.76. The van der Waals surface area contributed by atoms with E-state index in [4.69, 9.17) is 0 Å². The van der Waals surface area contributed by atoms with E-state index in [1.807, 2.05) is 32.4 Å². The van der Waals surface area contributed by atoms with Crippen molar-refractivity contribution in [2.45, 2.75) is 71.1 Å². The van der Waals surface area contributed by atoms with Gasteiger partial charge in [-0.05, 0) is 40.5 Å². The molecule has 1 fully saturated rings. The van der Waals surface area contributed by atoms with Crippen LogP contribution in [-0.4, -0.2) is 23.4 Å². The van der Waals surface area contributed by atoms with Gasteiger partial charge < -0.3 is 0 Å². The summed E-state index contributed by atoms with van der Waals surface area (Å²) in [5.41, 5.74) is 2.29. The van der Waals surface area contributed by atoms with E-state index in [-0.39, 0.29) is 11.3 Å². The first-order chi connectivity index (χ1) is 9.33. The number of rotatable bonds is 4. The van der Waals surface area contributed by atoms with Gasteiger partial charge in [0.1, 0.15) is 0 Å². The molecule has 0 spiro atoms. The molecule has 0 aliphatic heterocycles. The molecule has 2 rings (SSSR count). The summed E-state index contributed by atoms with van der Waals surface area (Å²) in [5.74, 6) is 0. The van der Waals surface area contributed by atoms with Gasteiger partial charge in [0.25, 0.3) is 0 Å². The molecule has 20 heavy (non-hydrogen) atoms. The normalized spacial score (nSPS) is 17.6. The Kier molecular flexibility index (Phi) is 4.42. The van der Waals surface area contributed by atoms with Gasteiger partial charge in [0, 0.05) is 6.04 Å². The number of nitrogens with zero attached hydrogens (tertiary/aromatic N) is 2. The number of hydrogen-bond acceptors (Lipinski definition) is 3. The molecular formula is C14H25N3O2S. The van der Waals surface area contributed by atoms with Crippen LogP contribution >= 0.6 is 0 Å². The maximum atomic E-state index is 12.5. The highest BCUT2D eigenvalue weighted by Crippen LogP contribution is 2.28. The Morgan fingerprint density at radius 3 is 2.30 bits per heavy atom. The van der Waals surface area contributed by atoms with Gasteiger partial charge in [0.2, 0.25) is 10.0 Å². The Hall–Kier alpha value is -1.04. The Morgan fingerprint density at radius 1 is 1.20 bits per heavy atom. The minimum Gasteiger partial charge on any atom is -0.280 e. The van der Waals surface area contributed by atoms with E-state index in [1.165, 1.54) is 0 Å². The van der Waals surface area contributed by atoms with Crippen molar-refractivity contribution < 1.29 is 8.42 Å². The first-order valence-corrected chi connectivity index (χ1v) is 8.95. The van der Waals surface area contributed by atoms with E-state index < -0.39 is 10.0 Å². The highest BCUT2D eigenvalue weighted by Gasteiger charge is 2.29. The summed E-state index contributed by atoms with van der Waals surface area (Å²) in [6.45, 7) is 7.85. The van der Waals surface area contributed by atoms with Gasteiger partial charge in [-0.15, -0.1) is 0 Å². The van der Waals surface area contributed by atoms with Crippen LogP contribution in [0.4, 0.5) is 5.69 Å². The third-order valence-corrected chi connectivity index (χ3v) is 5.89. The lowest BCUT2D eigenvalue weighted by Gasteiger charge is -2.22. The second-order valence-corrected chi connectivity index (χ2v) is 7.95. The summed E-state index contributed by atoms with van der Waals surface area (Å²) in [6.07, 6.45) is 4.70. The number of nitrogens with one attached hydrogen (secondary N) is 1. The van der Waals surface area contributed by atoms with E-state index in [0.29, 0.717) is 5.69 Å². The van der Waals surface area contributed by atoms with Crippen LogP contribution in [0.15, 0.2) is 0 Å². The van der Waals surface area contributed by atoms with E-state index >= 15 is 0 Å². The number of hydrogen-bond donors (Lipinski definition) is 1. The Bertz CT molecular complexity index is 569. The molecule has 114 valence electrons. The highest BCUT2D eigenvalue weighted by molar-refractivity contribution is 7.93. The summed E-state index contributed by atoms with van der Waals surface area (Å²) in [4.78, 5) is 0. The molecule has 1 heterocycles. The van der Waals surface area contributed by atoms with Gasteiger partial charge in [-0.2, -0.15) is 5.10 Å². The summed E-state index contributed by atoms with van der Waals surface area (Å²) in [6, 6.07) is 0.224. The molecule has 0 bridgehead atoms. The summed E-state index contributed by atoms with van der Waals surface area (Å²) >= 11 is 0. The van der Waals surface area contributed by atoms with Crippen LogP contribution in [-0.2, 0) is 10.0 Å². The minimum absolute atomic E-state index is 0.224. The molecule has 6 heteroatoms. The van der Waals surface area contributed by atoms with Gasteiger partial charge >= 0.3 is 0 Å². The largest absolute Gasteiger partial charge is 0.280 e. The zero-order valence-corrected chi connectivity index (χ0v) is 13.6. The topological polar surface area (TPSA) is 64.0 Å². The average Bonchev–Trinajstić information content (AvgIpc) is 2.68. The number of anilines is 1. The molecule has 0 unspecified atom stereocenters. The van der Waals surface area contributed by atoms with Crippen molar-refractivity contribution in [1.29, 1.82) is 0 Å². The minimum atomic E-state index is -3.30. The Morgan fingerprint density at radius 2 is 1.80 bits per heavy atom. The molecule has 1 aliphatic carbocycles. The van der Waals surface area contributed by atoms with E-state index in [0.717, 1.165) is 43.5 Å². The van der Waals surface area contributed by atoms with Gasteiger partial charge in [-0.3, -0.25) is 9.40 Å². The molecule has 0 saturated heterocycles. The standard InChI is InChI=1S/C14H25N3O2S/c1-10(2)17-12(4)14(11(3)15-17)16-20(18,19)13-8-6-5-7-9-13/h10,13,16H,5-9H2,1-4H3. The smallest absolute Gasteiger partial charge is 0.235 e. The van der Waals surface area contributed by atoms with Crippen molar-refractivity contribution >= 4 is 15.7 Å². The van der Waals surface area contributed by atoms with E-state index in [1.54, 1.807) is 0 Å². The van der Waals surface area contributed by atoms with Crippen molar-refractivity contribution in [3.8, 4) is 0 Å². The van der Waals surface area contributed by atoms with Crippen LogP contribution in [0.25, 0.3) is 0 Å². The molecule has 1 aliphatic rings. The SMILES string of the molecule is Cc1nn(C(C)C)c(C)c1NS(=O)(=O)C1CCCCC1. The molecular weight excluding hydrogens is 274 g/mol. The van der Waals surface area contributed by atoms with Crippen LogP contribution in [0.3, 0.4) is 0 Å². The Labute approximate surface area is 121 Å². The van der Waals surface area contributed by atoms with Crippen LogP contribution in [0.2, 0.25) is 0 Å². The first kappa shape index (κ1) is 15.4. The predicted molar refractivity (Wildman–Crippen MR) is 81.5 cm³/mol. The summed E-state index contributed by atoms with van der Waals surface area (Å²) in [5, 5.41) is 4.18. The van der Waals surface area contributed by atoms with Gasteiger partial charge in [0.15, 0.2) is 0 Å². The number of sulfonamides is 1.